The number of hydrogen-bond acceptors (Lipinski definition) is 2. The van der Waals surface area contributed by atoms with E-state index in [0.29, 0.717) is 13.1 Å². The van der Waals surface area contributed by atoms with E-state index in [-0.39, 0.29) is 0 Å². The van der Waals surface area contributed by atoms with Crippen molar-refractivity contribution in [1.82, 2.24) is 4.98 Å². The van der Waals surface area contributed by atoms with E-state index in [1.165, 1.54) is 0 Å². The Morgan fingerprint density at radius 2 is 2.45 bits per heavy atom. The highest BCUT2D eigenvalue weighted by molar-refractivity contribution is 5.36. The fourth-order valence-electron chi connectivity index (χ4n) is 0.925. The lowest BCUT2D eigenvalue weighted by Crippen LogP contribution is -1.96. The molecule has 11 heavy (non-hydrogen) atoms. The first-order valence-electron chi connectivity index (χ1n) is 3.52. The van der Waals surface area contributed by atoms with Crippen LogP contribution in [0.3, 0.4) is 0 Å². The van der Waals surface area contributed by atoms with Crippen LogP contribution in [0, 0.1) is 6.92 Å². The van der Waals surface area contributed by atoms with Gasteiger partial charge in [-0.15, -0.1) is 0 Å². The second kappa shape index (κ2) is 3.81. The Kier molecular flexibility index (Phi) is 2.72. The summed E-state index contributed by atoms with van der Waals surface area (Å²) < 4.78 is 4.55. The van der Waals surface area contributed by atoms with Crippen LogP contribution in [0.5, 0.6) is 0 Å². The molecule has 0 radical (unpaired) electrons. The zero-order valence-electron chi connectivity index (χ0n) is 6.46. The first-order valence-corrected chi connectivity index (χ1v) is 3.52. The van der Waals surface area contributed by atoms with E-state index in [2.05, 4.69) is 9.72 Å². The number of carbonyl (C=O) groups is 1. The van der Waals surface area contributed by atoms with Crippen molar-refractivity contribution in [1.29, 1.82) is 0 Å². The Hall–Kier alpha value is -1.25. The fourth-order valence-corrected chi connectivity index (χ4v) is 0.925. The third kappa shape index (κ3) is 2.45. The lowest BCUT2D eigenvalue weighted by atomic mass is 10.3. The van der Waals surface area contributed by atoms with Crippen LogP contribution in [0.15, 0.2) is 12.1 Å². The van der Waals surface area contributed by atoms with Crippen LogP contribution in [0.2, 0.25) is 0 Å². The Bertz CT molecular complexity index is 230. The summed E-state index contributed by atoms with van der Waals surface area (Å²) in [6.07, 6.45) is 0.757. The van der Waals surface area contributed by atoms with Gasteiger partial charge in [-0.2, -0.15) is 0 Å². The predicted molar refractivity (Wildman–Crippen MR) is 41.2 cm³/mol. The molecule has 3 heteroatoms. The van der Waals surface area contributed by atoms with Crippen molar-refractivity contribution in [2.24, 2.45) is 0 Å². The summed E-state index contributed by atoms with van der Waals surface area (Å²) in [5.74, 6) is 0. The van der Waals surface area contributed by atoms with Gasteiger partial charge in [0.1, 0.15) is 0 Å². The van der Waals surface area contributed by atoms with E-state index < -0.39 is 0 Å². The van der Waals surface area contributed by atoms with Crippen molar-refractivity contribution < 1.29 is 9.53 Å². The van der Waals surface area contributed by atoms with E-state index in [9.17, 15) is 4.79 Å². The van der Waals surface area contributed by atoms with Gasteiger partial charge in [-0.25, -0.2) is 0 Å². The maximum absolute atomic E-state index is 9.77. The molecular weight excluding hydrogens is 142 g/mol. The van der Waals surface area contributed by atoms with Crippen LogP contribution >= 0.6 is 0 Å². The average molecular weight is 153 g/mol. The maximum atomic E-state index is 9.77. The van der Waals surface area contributed by atoms with Crippen LogP contribution in [0.4, 0.5) is 0 Å². The normalized spacial score (nSPS) is 9.55. The van der Waals surface area contributed by atoms with Crippen molar-refractivity contribution in [3.8, 4) is 0 Å². The molecule has 0 saturated carbocycles. The summed E-state index contributed by atoms with van der Waals surface area (Å²) in [6, 6.07) is 3.99. The Balaban J connectivity index is 2.32. The lowest BCUT2D eigenvalue weighted by molar-refractivity contribution is -0.128. The number of ether oxygens (including phenoxy) is 1. The first-order chi connectivity index (χ1) is 5.33. The Morgan fingerprint density at radius 3 is 3.00 bits per heavy atom. The smallest absolute Gasteiger partial charge is 0.293 e. The van der Waals surface area contributed by atoms with Gasteiger partial charge in [-0.05, 0) is 19.1 Å². The topological polar surface area (TPSA) is 42.1 Å². The van der Waals surface area contributed by atoms with E-state index in [1.54, 1.807) is 0 Å². The third-order valence-corrected chi connectivity index (χ3v) is 1.45. The summed E-state index contributed by atoms with van der Waals surface area (Å²) in [6.45, 7) is 2.91. The number of aromatic nitrogens is 1. The van der Waals surface area contributed by atoms with Crippen molar-refractivity contribution in [3.63, 3.8) is 0 Å². The number of nitrogens with one attached hydrogen (secondary N) is 1. The molecule has 0 fully saturated rings. The number of hydrogen-bond donors (Lipinski definition) is 1. The molecule has 1 aromatic heterocycles. The van der Waals surface area contributed by atoms with E-state index >= 15 is 0 Å². The number of carbonyl (C=O) groups excluding carboxylic acids is 1. The minimum absolute atomic E-state index is 0.448. The van der Waals surface area contributed by atoms with E-state index in [1.807, 2.05) is 19.1 Å². The standard InChI is InChI=1S/C8H11NO2/c1-7-2-3-8(9-7)4-5-11-6-10/h2-3,6,9H,4-5H2,1H3. The zero-order valence-corrected chi connectivity index (χ0v) is 6.46. The molecule has 0 saturated heterocycles. The molecule has 0 atom stereocenters. The number of aryl methyl sites for hydroxylation is 1. The van der Waals surface area contributed by atoms with Gasteiger partial charge in [0, 0.05) is 17.8 Å². The minimum atomic E-state index is 0.448. The van der Waals surface area contributed by atoms with Gasteiger partial charge in [0.2, 0.25) is 0 Å². The maximum Gasteiger partial charge on any atom is 0.293 e. The van der Waals surface area contributed by atoms with Crippen LogP contribution < -0.4 is 0 Å². The molecule has 0 spiro atoms. The molecule has 1 heterocycles. The molecule has 0 bridgehead atoms. The summed E-state index contributed by atoms with van der Waals surface area (Å²) in [5, 5.41) is 0. The summed E-state index contributed by atoms with van der Waals surface area (Å²) in [5.41, 5.74) is 2.23. The molecule has 0 amide bonds. The van der Waals surface area contributed by atoms with Crippen molar-refractivity contribution in [2.75, 3.05) is 6.61 Å². The molecule has 60 valence electrons. The van der Waals surface area contributed by atoms with Gasteiger partial charge in [0.05, 0.1) is 6.61 Å². The summed E-state index contributed by atoms with van der Waals surface area (Å²) >= 11 is 0. The van der Waals surface area contributed by atoms with Crippen LogP contribution in [-0.2, 0) is 16.0 Å². The first kappa shape index (κ1) is 7.85. The second-order valence-corrected chi connectivity index (χ2v) is 2.38. The molecule has 1 rings (SSSR count). The predicted octanol–water partition coefficient (Wildman–Crippen LogP) is 1.04. The monoisotopic (exact) mass is 153 g/mol. The van der Waals surface area contributed by atoms with Gasteiger partial charge in [0.25, 0.3) is 6.47 Å². The molecule has 0 aliphatic heterocycles. The van der Waals surface area contributed by atoms with Gasteiger partial charge in [-0.1, -0.05) is 0 Å². The molecule has 1 N–H and O–H groups in total. The third-order valence-electron chi connectivity index (χ3n) is 1.45. The number of H-pyrrole nitrogens is 1. The molecule has 1 aromatic rings. The Morgan fingerprint density at radius 1 is 1.64 bits per heavy atom. The van der Waals surface area contributed by atoms with E-state index in [0.717, 1.165) is 17.8 Å². The van der Waals surface area contributed by atoms with Gasteiger partial charge in [-0.3, -0.25) is 4.79 Å². The zero-order chi connectivity index (χ0) is 8.10. The highest BCUT2D eigenvalue weighted by Gasteiger charge is 1.93. The highest BCUT2D eigenvalue weighted by Crippen LogP contribution is 2.00. The van der Waals surface area contributed by atoms with Gasteiger partial charge >= 0.3 is 0 Å². The van der Waals surface area contributed by atoms with E-state index in [4.69, 9.17) is 0 Å². The van der Waals surface area contributed by atoms with Gasteiger partial charge in [0.15, 0.2) is 0 Å². The van der Waals surface area contributed by atoms with Crippen LogP contribution in [0.25, 0.3) is 0 Å². The lowest BCUT2D eigenvalue weighted by Gasteiger charge is -1.95. The quantitative estimate of drug-likeness (QED) is 0.518. The highest BCUT2D eigenvalue weighted by atomic mass is 16.5. The Labute approximate surface area is 65.4 Å². The molecule has 0 unspecified atom stereocenters. The van der Waals surface area contributed by atoms with Crippen molar-refractivity contribution >= 4 is 6.47 Å². The average Bonchev–Trinajstić information content (AvgIpc) is 2.37. The SMILES string of the molecule is Cc1ccc(CCOC=O)[nH]1. The summed E-state index contributed by atoms with van der Waals surface area (Å²) in [4.78, 5) is 12.9. The second-order valence-electron chi connectivity index (χ2n) is 2.38. The number of aromatic amines is 1. The molecule has 0 aromatic carbocycles. The largest absolute Gasteiger partial charge is 0.467 e. The molecule has 3 nitrogen and oxygen atoms in total. The minimum Gasteiger partial charge on any atom is -0.467 e. The molecular formula is C8H11NO2. The van der Waals surface area contributed by atoms with Gasteiger partial charge < -0.3 is 9.72 Å². The summed E-state index contributed by atoms with van der Waals surface area (Å²) in [7, 11) is 0. The number of rotatable bonds is 4. The van der Waals surface area contributed by atoms with Crippen molar-refractivity contribution in [2.45, 2.75) is 13.3 Å². The molecule has 0 aliphatic rings. The molecule has 0 aliphatic carbocycles. The van der Waals surface area contributed by atoms with Crippen LogP contribution in [0.1, 0.15) is 11.4 Å². The fraction of sp³-hybridized carbons (Fsp3) is 0.375. The van der Waals surface area contributed by atoms with Crippen molar-refractivity contribution in [3.05, 3.63) is 23.5 Å². The van der Waals surface area contributed by atoms with Crippen LogP contribution in [-0.4, -0.2) is 18.1 Å².